The van der Waals surface area contributed by atoms with E-state index >= 15 is 0 Å². The Hall–Kier alpha value is -3.02. The highest BCUT2D eigenvalue weighted by molar-refractivity contribution is 5.96. The van der Waals surface area contributed by atoms with Crippen molar-refractivity contribution in [3.63, 3.8) is 0 Å². The molecule has 2 aromatic carbocycles. The normalized spacial score (nSPS) is 17.4. The average Bonchev–Trinajstić information content (AvgIpc) is 3.10. The minimum atomic E-state index is 0.252. The van der Waals surface area contributed by atoms with Crippen molar-refractivity contribution < 1.29 is 9.53 Å². The lowest BCUT2D eigenvalue weighted by atomic mass is 9.90. The average molecular weight is 470 g/mol. The summed E-state index contributed by atoms with van der Waals surface area (Å²) in [7, 11) is 0. The van der Waals surface area contributed by atoms with Gasteiger partial charge in [0, 0.05) is 49.9 Å². The van der Waals surface area contributed by atoms with E-state index in [4.69, 9.17) is 4.74 Å². The van der Waals surface area contributed by atoms with Crippen LogP contribution in [0.5, 0.6) is 5.75 Å². The predicted octanol–water partition coefficient (Wildman–Crippen LogP) is 5.35. The van der Waals surface area contributed by atoms with Gasteiger partial charge in [-0.3, -0.25) is 19.6 Å². The second kappa shape index (κ2) is 11.6. The van der Waals surface area contributed by atoms with Gasteiger partial charge in [-0.05, 0) is 74.2 Å². The molecule has 0 amide bonds. The lowest BCUT2D eigenvalue weighted by Crippen LogP contribution is -2.33. The van der Waals surface area contributed by atoms with Crippen LogP contribution in [0, 0.1) is 5.92 Å². The topological polar surface area (TPSA) is 45.7 Å². The van der Waals surface area contributed by atoms with Crippen LogP contribution in [0.25, 0.3) is 0 Å². The molecule has 0 atom stereocenters. The highest BCUT2D eigenvalue weighted by atomic mass is 16.5. The van der Waals surface area contributed by atoms with Crippen LogP contribution in [0.15, 0.2) is 72.9 Å². The summed E-state index contributed by atoms with van der Waals surface area (Å²) in [5.74, 6) is 1.80. The maximum atomic E-state index is 13.1. The summed E-state index contributed by atoms with van der Waals surface area (Å²) in [6, 6.07) is 22.7. The predicted molar refractivity (Wildman–Crippen MR) is 138 cm³/mol. The minimum Gasteiger partial charge on any atom is -0.492 e. The molecule has 182 valence electrons. The van der Waals surface area contributed by atoms with Gasteiger partial charge in [0.15, 0.2) is 5.78 Å². The third kappa shape index (κ3) is 6.56. The standard InChI is InChI=1S/C30H35N3O2/c34-29(11-9-24-13-16-32(17-14-24)23-28-8-4-5-15-31-28)26-10-12-30-27(20-26)22-33(18-19-35-30)21-25-6-2-1-3-7-25/h1-8,10,12,15,20,24H,9,11,13-14,16-19,21-23H2. The number of likely N-dealkylation sites (tertiary alicyclic amines) is 1. The second-order valence-corrected chi connectivity index (χ2v) is 9.87. The molecule has 0 unspecified atom stereocenters. The van der Waals surface area contributed by atoms with E-state index in [0.717, 1.165) is 81.1 Å². The van der Waals surface area contributed by atoms with Crippen molar-refractivity contribution in [2.75, 3.05) is 26.2 Å². The zero-order valence-electron chi connectivity index (χ0n) is 20.4. The molecule has 5 rings (SSSR count). The monoisotopic (exact) mass is 469 g/mol. The molecule has 1 fully saturated rings. The molecule has 3 heterocycles. The number of Topliss-reactive ketones (excluding diaryl/α,β-unsaturated/α-hetero) is 1. The smallest absolute Gasteiger partial charge is 0.162 e. The van der Waals surface area contributed by atoms with Gasteiger partial charge in [-0.1, -0.05) is 36.4 Å². The summed E-state index contributed by atoms with van der Waals surface area (Å²) in [5, 5.41) is 0. The zero-order chi connectivity index (χ0) is 23.9. The van der Waals surface area contributed by atoms with E-state index in [1.54, 1.807) is 0 Å². The molecular formula is C30H35N3O2. The first-order chi connectivity index (χ1) is 17.2. The Kier molecular flexibility index (Phi) is 7.86. The van der Waals surface area contributed by atoms with E-state index in [0.29, 0.717) is 18.9 Å². The van der Waals surface area contributed by atoms with Gasteiger partial charge in [-0.25, -0.2) is 0 Å². The molecule has 0 saturated carbocycles. The summed E-state index contributed by atoms with van der Waals surface area (Å²) >= 11 is 0. The Morgan fingerprint density at radius 3 is 2.54 bits per heavy atom. The first kappa shape index (κ1) is 23.7. The quantitative estimate of drug-likeness (QED) is 0.416. The van der Waals surface area contributed by atoms with E-state index in [-0.39, 0.29) is 5.78 Å². The number of aromatic nitrogens is 1. The van der Waals surface area contributed by atoms with Gasteiger partial charge in [0.1, 0.15) is 12.4 Å². The molecule has 0 spiro atoms. The Bertz CT molecular complexity index is 1100. The highest BCUT2D eigenvalue weighted by Crippen LogP contribution is 2.28. The number of ketones is 1. The van der Waals surface area contributed by atoms with Gasteiger partial charge < -0.3 is 4.74 Å². The number of benzene rings is 2. The molecule has 2 aliphatic heterocycles. The Morgan fingerprint density at radius 1 is 0.914 bits per heavy atom. The van der Waals surface area contributed by atoms with Gasteiger partial charge in [0.25, 0.3) is 0 Å². The summed E-state index contributed by atoms with van der Waals surface area (Å²) in [5.41, 5.74) is 4.37. The SMILES string of the molecule is O=C(CCC1CCN(Cc2ccccn2)CC1)c1ccc2c(c1)CN(Cc1ccccc1)CCO2. The van der Waals surface area contributed by atoms with E-state index in [9.17, 15) is 4.79 Å². The van der Waals surface area contributed by atoms with Crippen LogP contribution in [0.3, 0.4) is 0 Å². The summed E-state index contributed by atoms with van der Waals surface area (Å²) in [4.78, 5) is 22.4. The molecule has 1 saturated heterocycles. The Labute approximate surface area is 208 Å². The number of ether oxygens (including phenoxy) is 1. The largest absolute Gasteiger partial charge is 0.492 e. The van der Waals surface area contributed by atoms with Crippen molar-refractivity contribution in [2.45, 2.75) is 45.3 Å². The number of fused-ring (bicyclic) bond motifs is 1. The van der Waals surface area contributed by atoms with Crippen molar-refractivity contribution in [1.82, 2.24) is 14.8 Å². The molecule has 35 heavy (non-hydrogen) atoms. The third-order valence-corrected chi connectivity index (χ3v) is 7.29. The maximum Gasteiger partial charge on any atom is 0.162 e. The van der Waals surface area contributed by atoms with Gasteiger partial charge in [0.2, 0.25) is 0 Å². The van der Waals surface area contributed by atoms with Crippen LogP contribution in [-0.2, 0) is 19.6 Å². The molecule has 2 aliphatic rings. The molecule has 1 aromatic heterocycles. The number of carbonyl (C=O) groups is 1. The van der Waals surface area contributed by atoms with Crippen LogP contribution >= 0.6 is 0 Å². The lowest BCUT2D eigenvalue weighted by molar-refractivity contribution is 0.0961. The van der Waals surface area contributed by atoms with E-state index in [1.807, 2.05) is 30.5 Å². The van der Waals surface area contributed by atoms with Crippen molar-refractivity contribution in [3.05, 3.63) is 95.3 Å². The van der Waals surface area contributed by atoms with Crippen LogP contribution < -0.4 is 4.74 Å². The highest BCUT2D eigenvalue weighted by Gasteiger charge is 2.22. The van der Waals surface area contributed by atoms with Crippen molar-refractivity contribution in [2.24, 2.45) is 5.92 Å². The molecule has 5 nitrogen and oxygen atoms in total. The van der Waals surface area contributed by atoms with Crippen molar-refractivity contribution in [1.29, 1.82) is 0 Å². The molecule has 0 N–H and O–H groups in total. The van der Waals surface area contributed by atoms with Crippen molar-refractivity contribution in [3.8, 4) is 5.75 Å². The van der Waals surface area contributed by atoms with E-state index < -0.39 is 0 Å². The van der Waals surface area contributed by atoms with Crippen LogP contribution in [0.1, 0.15) is 52.9 Å². The van der Waals surface area contributed by atoms with Crippen molar-refractivity contribution >= 4 is 5.78 Å². The number of hydrogen-bond acceptors (Lipinski definition) is 5. The first-order valence-electron chi connectivity index (χ1n) is 12.9. The fourth-order valence-electron chi connectivity index (χ4n) is 5.23. The summed E-state index contributed by atoms with van der Waals surface area (Å²) in [6.07, 6.45) is 5.78. The van der Waals surface area contributed by atoms with Crippen LogP contribution in [-0.4, -0.2) is 46.8 Å². The van der Waals surface area contributed by atoms with E-state index in [2.05, 4.69) is 57.2 Å². The fraction of sp³-hybridized carbons (Fsp3) is 0.400. The molecule has 3 aromatic rings. The number of rotatable bonds is 8. The molecule has 0 radical (unpaired) electrons. The summed E-state index contributed by atoms with van der Waals surface area (Å²) in [6.45, 7) is 6.34. The number of pyridine rings is 1. The van der Waals surface area contributed by atoms with Gasteiger partial charge in [-0.2, -0.15) is 0 Å². The number of carbonyl (C=O) groups excluding carboxylic acids is 1. The lowest BCUT2D eigenvalue weighted by Gasteiger charge is -2.31. The zero-order valence-corrected chi connectivity index (χ0v) is 20.4. The van der Waals surface area contributed by atoms with Gasteiger partial charge in [0.05, 0.1) is 5.69 Å². The van der Waals surface area contributed by atoms with Gasteiger partial charge >= 0.3 is 0 Å². The van der Waals surface area contributed by atoms with Crippen LogP contribution in [0.4, 0.5) is 0 Å². The molecule has 0 bridgehead atoms. The number of piperidine rings is 1. The first-order valence-corrected chi connectivity index (χ1v) is 12.9. The molecule has 5 heteroatoms. The molecular weight excluding hydrogens is 434 g/mol. The third-order valence-electron chi connectivity index (χ3n) is 7.29. The molecule has 0 aliphatic carbocycles. The maximum absolute atomic E-state index is 13.1. The Balaban J connectivity index is 1.12. The second-order valence-electron chi connectivity index (χ2n) is 9.87. The number of nitrogens with zero attached hydrogens (tertiary/aromatic N) is 3. The summed E-state index contributed by atoms with van der Waals surface area (Å²) < 4.78 is 6.00. The fourth-order valence-corrected chi connectivity index (χ4v) is 5.23. The van der Waals surface area contributed by atoms with Crippen LogP contribution in [0.2, 0.25) is 0 Å². The number of hydrogen-bond donors (Lipinski definition) is 0. The minimum absolute atomic E-state index is 0.252. The van der Waals surface area contributed by atoms with Gasteiger partial charge in [-0.15, -0.1) is 0 Å². The Morgan fingerprint density at radius 2 is 1.74 bits per heavy atom. The van der Waals surface area contributed by atoms with E-state index in [1.165, 1.54) is 5.56 Å².